The number of hydrogen-bond acceptors (Lipinski definition) is 6. The summed E-state index contributed by atoms with van der Waals surface area (Å²) in [4.78, 5) is 22.8. The Bertz CT molecular complexity index is 1120. The topological polar surface area (TPSA) is 91.5 Å². The number of para-hydroxylation sites is 1. The van der Waals surface area contributed by atoms with Gasteiger partial charge < -0.3 is 30.8 Å². The monoisotopic (exact) mass is 681 g/mol. The lowest BCUT2D eigenvalue weighted by Crippen LogP contribution is -2.46. The zero-order chi connectivity index (χ0) is 37.5. The van der Waals surface area contributed by atoms with Gasteiger partial charge in [0.05, 0.1) is 12.6 Å². The van der Waals surface area contributed by atoms with Crippen LogP contribution in [0.5, 0.6) is 5.75 Å². The maximum atomic E-state index is 12.2. The second-order valence-corrected chi connectivity index (χ2v) is 12.9. The van der Waals surface area contributed by atoms with E-state index in [-0.39, 0.29) is 24.0 Å². The Labute approximate surface area is 301 Å². The van der Waals surface area contributed by atoms with Gasteiger partial charge in [0.1, 0.15) is 18.6 Å². The van der Waals surface area contributed by atoms with E-state index in [1.807, 2.05) is 70.3 Å². The maximum absolute atomic E-state index is 12.2. The Balaban J connectivity index is 0. The fraction of sp³-hybridized carbons (Fsp3) is 0.571. The normalized spacial score (nSPS) is 13.2. The molecule has 0 aliphatic heterocycles. The van der Waals surface area contributed by atoms with Crippen molar-refractivity contribution in [3.63, 3.8) is 0 Å². The van der Waals surface area contributed by atoms with Crippen LogP contribution in [0.2, 0.25) is 0 Å². The second-order valence-electron chi connectivity index (χ2n) is 12.9. The molecule has 3 unspecified atom stereocenters. The van der Waals surface area contributed by atoms with Crippen LogP contribution in [0.25, 0.3) is 0 Å². The summed E-state index contributed by atoms with van der Waals surface area (Å²) < 4.78 is 6.14. The van der Waals surface area contributed by atoms with Crippen molar-refractivity contribution in [2.45, 2.75) is 114 Å². The van der Waals surface area contributed by atoms with Crippen LogP contribution in [0.15, 0.2) is 72.8 Å². The Morgan fingerprint density at radius 2 is 1.45 bits per heavy atom. The van der Waals surface area contributed by atoms with E-state index in [4.69, 9.17) is 4.74 Å². The predicted octanol–water partition coefficient (Wildman–Crippen LogP) is 8.01. The molecule has 0 saturated heterocycles. The fourth-order valence-electron chi connectivity index (χ4n) is 4.55. The molecule has 0 aliphatic carbocycles. The molecule has 0 aromatic heterocycles. The molecule has 2 aromatic rings. The van der Waals surface area contributed by atoms with Crippen molar-refractivity contribution in [1.29, 1.82) is 0 Å². The molecular weight excluding hydrogens is 608 g/mol. The largest absolute Gasteiger partial charge is 0.492 e. The van der Waals surface area contributed by atoms with Gasteiger partial charge in [0.25, 0.3) is 0 Å². The minimum atomic E-state index is -0.143. The van der Waals surface area contributed by atoms with E-state index in [2.05, 4.69) is 107 Å². The summed E-state index contributed by atoms with van der Waals surface area (Å²) in [6, 6.07) is 16.8. The molecule has 2 aromatic carbocycles. The van der Waals surface area contributed by atoms with Crippen LogP contribution in [0.1, 0.15) is 91.8 Å². The fourth-order valence-corrected chi connectivity index (χ4v) is 4.55. The summed E-state index contributed by atoms with van der Waals surface area (Å²) in [7, 11) is 1.81. The van der Waals surface area contributed by atoms with Gasteiger partial charge >= 0.3 is 0 Å². The van der Waals surface area contributed by atoms with E-state index < -0.39 is 0 Å². The highest BCUT2D eigenvalue weighted by Gasteiger charge is 2.17. The van der Waals surface area contributed by atoms with Crippen LogP contribution in [-0.4, -0.2) is 63.6 Å². The van der Waals surface area contributed by atoms with Gasteiger partial charge in [-0.3, -0.25) is 4.79 Å². The molecule has 7 nitrogen and oxygen atoms in total. The highest BCUT2D eigenvalue weighted by molar-refractivity contribution is 5.81. The summed E-state index contributed by atoms with van der Waals surface area (Å²) in [6.45, 7) is 25.3. The molecule has 0 heterocycles. The molecule has 0 fully saturated rings. The average molecular weight is 681 g/mol. The number of aryl methyl sites for hydroxylation is 2. The van der Waals surface area contributed by atoms with E-state index in [9.17, 15) is 9.59 Å². The number of ether oxygens (including phenoxy) is 1. The number of nitrogens with one attached hydrogen (secondary N) is 4. The molecule has 0 radical (unpaired) electrons. The summed E-state index contributed by atoms with van der Waals surface area (Å²) in [5.74, 6) is 1.66. The van der Waals surface area contributed by atoms with E-state index in [1.54, 1.807) is 0 Å². The molecule has 278 valence electrons. The average Bonchev–Trinajstić information content (AvgIpc) is 3.07. The van der Waals surface area contributed by atoms with Crippen molar-refractivity contribution in [2.75, 3.05) is 33.3 Å². The Kier molecular flexibility index (Phi) is 31.2. The van der Waals surface area contributed by atoms with Crippen molar-refractivity contribution < 1.29 is 14.3 Å². The van der Waals surface area contributed by atoms with Gasteiger partial charge in [-0.2, -0.15) is 0 Å². The summed E-state index contributed by atoms with van der Waals surface area (Å²) in [6.07, 6.45) is 11.7. The molecule has 0 saturated carbocycles. The van der Waals surface area contributed by atoms with Gasteiger partial charge in [-0.15, -0.1) is 0 Å². The number of likely N-dealkylation sites (N-methyl/N-ethyl adjacent to an activating group) is 1. The maximum Gasteiger partial charge on any atom is 0.237 e. The smallest absolute Gasteiger partial charge is 0.237 e. The van der Waals surface area contributed by atoms with Crippen molar-refractivity contribution in [3.05, 3.63) is 89.5 Å². The molecule has 0 spiro atoms. The molecular formula is C42H72N4O3. The second kappa shape index (κ2) is 32.0. The number of rotatable bonds is 18. The molecule has 49 heavy (non-hydrogen) atoms. The lowest BCUT2D eigenvalue weighted by molar-refractivity contribution is -0.123. The number of amides is 1. The van der Waals surface area contributed by atoms with Crippen molar-refractivity contribution >= 4 is 12.2 Å². The Hall–Kier alpha value is -3.26. The van der Waals surface area contributed by atoms with Crippen molar-refractivity contribution in [2.24, 2.45) is 11.8 Å². The van der Waals surface area contributed by atoms with Crippen molar-refractivity contribution in [3.8, 4) is 5.75 Å². The first-order valence-corrected chi connectivity index (χ1v) is 18.3. The van der Waals surface area contributed by atoms with Crippen LogP contribution < -0.4 is 26.0 Å². The minimum Gasteiger partial charge on any atom is -0.492 e. The standard InChI is InChI=1S/C25H44N4O3.C8H10.C6H10.C3H8/c1-7-22(26-6)25(31)29-15-19(4)14-21-10-8-9-11-24(21)32-17-20(5)28-16-23(18(2)3)27-12-13-30;1-7-4-3-5-8(2)6-7;1-3-5-6-4-2;1-3-2/h8-11,13,18-20,22-23,26-28H,7,12,14-17H2,1-6H3,(H,29,31);3-6H,1-2H3;3-6H,1-2H3;3H2,1-2H3/b;;5-3-,6-4-;/t19?,20-,22?,23?;;;/m0.../s1. The Morgan fingerprint density at radius 3 is 1.92 bits per heavy atom. The first kappa shape index (κ1) is 47.9. The van der Waals surface area contributed by atoms with Gasteiger partial charge in [-0.25, -0.2) is 0 Å². The van der Waals surface area contributed by atoms with Crippen molar-refractivity contribution in [1.82, 2.24) is 21.3 Å². The lowest BCUT2D eigenvalue weighted by Gasteiger charge is -2.24. The number of carbonyl (C=O) groups is 2. The number of hydrogen-bond donors (Lipinski definition) is 4. The van der Waals surface area contributed by atoms with Crippen LogP contribution in [0.4, 0.5) is 0 Å². The number of allylic oxidation sites excluding steroid dienone is 4. The highest BCUT2D eigenvalue weighted by Crippen LogP contribution is 2.21. The van der Waals surface area contributed by atoms with E-state index >= 15 is 0 Å². The number of carbonyl (C=O) groups excluding carboxylic acids is 2. The highest BCUT2D eigenvalue weighted by atomic mass is 16.5. The molecule has 7 heteroatoms. The van der Waals surface area contributed by atoms with Gasteiger partial charge in [-0.05, 0) is 78.0 Å². The Morgan fingerprint density at radius 1 is 0.857 bits per heavy atom. The van der Waals surface area contributed by atoms with E-state index in [0.29, 0.717) is 31.5 Å². The number of benzene rings is 2. The third-order valence-electron chi connectivity index (χ3n) is 7.35. The molecule has 4 atom stereocenters. The van der Waals surface area contributed by atoms with Crippen LogP contribution in [0, 0.1) is 25.7 Å². The summed E-state index contributed by atoms with van der Waals surface area (Å²) in [5.41, 5.74) is 3.82. The molecule has 1 amide bonds. The first-order valence-electron chi connectivity index (χ1n) is 18.3. The first-order chi connectivity index (χ1) is 23.4. The summed E-state index contributed by atoms with van der Waals surface area (Å²) in [5, 5.41) is 12.8. The third kappa shape index (κ3) is 26.3. The zero-order valence-corrected chi connectivity index (χ0v) is 33.1. The molecule has 0 bridgehead atoms. The molecule has 0 aliphatic rings. The zero-order valence-electron chi connectivity index (χ0n) is 33.1. The van der Waals surface area contributed by atoms with Gasteiger partial charge in [0.15, 0.2) is 0 Å². The van der Waals surface area contributed by atoms with Gasteiger partial charge in [0, 0.05) is 25.2 Å². The van der Waals surface area contributed by atoms with E-state index in [1.165, 1.54) is 17.5 Å². The van der Waals surface area contributed by atoms with Gasteiger partial charge in [0.2, 0.25) is 5.91 Å². The molecule has 2 rings (SSSR count). The lowest BCUT2D eigenvalue weighted by atomic mass is 10.00. The third-order valence-corrected chi connectivity index (χ3v) is 7.35. The summed E-state index contributed by atoms with van der Waals surface area (Å²) >= 11 is 0. The SMILES string of the molecule is C/C=C\C=C/C.CCC.CCC(NC)C(=O)NCC(C)Cc1ccccc1OC[C@H](C)NCC(NCC=O)C(C)C.Cc1cccc(C)c1. The van der Waals surface area contributed by atoms with Gasteiger partial charge in [-0.1, -0.05) is 126 Å². The molecule has 4 N–H and O–H groups in total. The van der Waals surface area contributed by atoms with E-state index in [0.717, 1.165) is 37.0 Å². The van der Waals surface area contributed by atoms with Crippen LogP contribution >= 0.6 is 0 Å². The predicted molar refractivity (Wildman–Crippen MR) is 213 cm³/mol. The quantitative estimate of drug-likeness (QED) is 0.0942. The van der Waals surface area contributed by atoms with Crippen LogP contribution in [-0.2, 0) is 16.0 Å². The van der Waals surface area contributed by atoms with Crippen LogP contribution in [0.3, 0.4) is 0 Å². The number of aldehydes is 1. The minimum absolute atomic E-state index is 0.0496.